The number of rotatable bonds is 1. The second-order valence-corrected chi connectivity index (χ2v) is 14.9. The average molecular weight is 487 g/mol. The molecular weight excluding hydrogens is 440 g/mol. The molecule has 7 rings (SSSR count). The fourth-order valence-electron chi connectivity index (χ4n) is 9.49. The highest BCUT2D eigenvalue weighted by Gasteiger charge is 2.79. The maximum atomic E-state index is 6.81. The van der Waals surface area contributed by atoms with Crippen LogP contribution in [0.15, 0.2) is 11.1 Å². The summed E-state index contributed by atoms with van der Waals surface area (Å²) in [7, 11) is 0. The molecule has 2 spiro atoms. The van der Waals surface area contributed by atoms with Crippen LogP contribution >= 0.6 is 0 Å². The topological polar surface area (TPSA) is 46.2 Å². The first-order valence-corrected chi connectivity index (χ1v) is 14.4. The molecule has 196 valence electrons. The highest BCUT2D eigenvalue weighted by atomic mass is 16.7. The van der Waals surface area contributed by atoms with E-state index in [-0.39, 0.29) is 22.2 Å². The third kappa shape index (κ3) is 3.37. The minimum absolute atomic E-state index is 0.0849. The van der Waals surface area contributed by atoms with Crippen LogP contribution < -0.4 is 0 Å². The molecule has 4 saturated carbocycles. The number of fused-ring (bicyclic) bond motifs is 9. The van der Waals surface area contributed by atoms with Gasteiger partial charge in [0.15, 0.2) is 11.6 Å². The van der Waals surface area contributed by atoms with Crippen LogP contribution in [0.4, 0.5) is 0 Å². The van der Waals surface area contributed by atoms with Crippen LogP contribution in [0.5, 0.6) is 0 Å². The van der Waals surface area contributed by atoms with Crippen LogP contribution in [0.25, 0.3) is 0 Å². The van der Waals surface area contributed by atoms with Gasteiger partial charge in [0.05, 0.1) is 38.1 Å². The Morgan fingerprint density at radius 1 is 0.829 bits per heavy atom. The van der Waals surface area contributed by atoms with E-state index in [1.807, 2.05) is 0 Å². The van der Waals surface area contributed by atoms with E-state index in [1.165, 1.54) is 25.7 Å². The predicted molar refractivity (Wildman–Crippen MR) is 133 cm³/mol. The summed E-state index contributed by atoms with van der Waals surface area (Å²) in [6.45, 7) is 16.8. The molecule has 0 radical (unpaired) electrons. The lowest BCUT2D eigenvalue weighted by molar-refractivity contribution is -0.263. The van der Waals surface area contributed by atoms with Crippen molar-refractivity contribution in [3.8, 4) is 0 Å². The Balaban J connectivity index is 1.26. The van der Waals surface area contributed by atoms with Gasteiger partial charge in [-0.3, -0.25) is 0 Å². The van der Waals surface area contributed by atoms with E-state index in [2.05, 4.69) is 41.5 Å². The zero-order chi connectivity index (χ0) is 24.4. The monoisotopic (exact) mass is 486 g/mol. The maximum Gasteiger partial charge on any atom is 0.175 e. The van der Waals surface area contributed by atoms with Crippen molar-refractivity contribution < 1.29 is 23.7 Å². The van der Waals surface area contributed by atoms with Gasteiger partial charge in [-0.25, -0.2) is 0 Å². The normalized spacial score (nSPS) is 46.8. The van der Waals surface area contributed by atoms with Gasteiger partial charge in [0, 0.05) is 30.1 Å². The van der Waals surface area contributed by atoms with E-state index in [0.717, 1.165) is 45.7 Å². The summed E-state index contributed by atoms with van der Waals surface area (Å²) in [6.07, 6.45) is 8.38. The molecule has 2 aliphatic heterocycles. The minimum Gasteiger partial charge on any atom is -0.372 e. The van der Waals surface area contributed by atoms with Crippen molar-refractivity contribution in [1.29, 1.82) is 0 Å². The van der Waals surface area contributed by atoms with Crippen molar-refractivity contribution in [3.05, 3.63) is 11.1 Å². The van der Waals surface area contributed by atoms with E-state index < -0.39 is 5.79 Å². The first-order chi connectivity index (χ1) is 16.5. The molecule has 2 saturated heterocycles. The largest absolute Gasteiger partial charge is 0.372 e. The third-order valence-corrected chi connectivity index (χ3v) is 11.0. The molecule has 5 aliphatic carbocycles. The summed E-state index contributed by atoms with van der Waals surface area (Å²) in [5, 5.41) is 0. The Morgan fingerprint density at radius 2 is 1.51 bits per heavy atom. The van der Waals surface area contributed by atoms with Gasteiger partial charge in [0.1, 0.15) is 0 Å². The molecule has 0 aromatic carbocycles. The highest BCUT2D eigenvalue weighted by Crippen LogP contribution is 2.76. The second-order valence-electron chi connectivity index (χ2n) is 14.9. The molecule has 5 nitrogen and oxygen atoms in total. The molecule has 0 bridgehead atoms. The van der Waals surface area contributed by atoms with Gasteiger partial charge >= 0.3 is 0 Å². The first kappa shape index (κ1) is 23.6. The van der Waals surface area contributed by atoms with E-state index in [0.29, 0.717) is 35.7 Å². The molecule has 6 fully saturated rings. The number of ether oxygens (including phenoxy) is 5. The van der Waals surface area contributed by atoms with Crippen LogP contribution in [0.3, 0.4) is 0 Å². The summed E-state index contributed by atoms with van der Waals surface area (Å²) >= 11 is 0. The van der Waals surface area contributed by atoms with E-state index >= 15 is 0 Å². The Hall–Kier alpha value is -0.460. The smallest absolute Gasteiger partial charge is 0.175 e. The van der Waals surface area contributed by atoms with Gasteiger partial charge < -0.3 is 23.7 Å². The van der Waals surface area contributed by atoms with Gasteiger partial charge in [-0.1, -0.05) is 31.9 Å². The molecule has 0 amide bonds. The molecule has 7 aliphatic rings. The number of hydrogen-bond acceptors (Lipinski definition) is 5. The molecule has 5 heteroatoms. The lowest BCUT2D eigenvalue weighted by Crippen LogP contribution is -2.47. The molecule has 4 unspecified atom stereocenters. The van der Waals surface area contributed by atoms with Gasteiger partial charge in [0.25, 0.3) is 0 Å². The summed E-state index contributed by atoms with van der Waals surface area (Å²) < 4.78 is 32.8. The molecule has 0 N–H and O–H groups in total. The minimum atomic E-state index is -0.407. The third-order valence-electron chi connectivity index (χ3n) is 11.0. The molecular formula is C30H46O5. The summed E-state index contributed by atoms with van der Waals surface area (Å²) in [5.41, 5.74) is 3.74. The van der Waals surface area contributed by atoms with Crippen molar-refractivity contribution in [2.75, 3.05) is 26.4 Å². The Kier molecular flexibility index (Phi) is 4.96. The zero-order valence-corrected chi connectivity index (χ0v) is 22.8. The van der Waals surface area contributed by atoms with Gasteiger partial charge in [-0.05, 0) is 76.0 Å². The van der Waals surface area contributed by atoms with Crippen molar-refractivity contribution >= 4 is 0 Å². The summed E-state index contributed by atoms with van der Waals surface area (Å²) in [5.74, 6) is 1.86. The first-order valence-electron chi connectivity index (χ1n) is 14.4. The summed E-state index contributed by atoms with van der Waals surface area (Å²) in [6, 6.07) is 0. The standard InChI is InChI=1S/C30H46O5/c1-26(2,3)35-22-8-7-21-23-19(9-11-28(21,22)6)18-10-12-29(31-13-14-32-29)15-20(18)24-25(23)30(24)33-16-27(4,5)17-34-30/h20-25H,7-17H2,1-6H3/t20?,21-,22-,23?,24?,25?,28-/m0/s1. The molecule has 7 atom stereocenters. The van der Waals surface area contributed by atoms with Crippen molar-refractivity contribution in [3.63, 3.8) is 0 Å². The van der Waals surface area contributed by atoms with Crippen LogP contribution in [0.1, 0.15) is 86.5 Å². The predicted octanol–water partition coefficient (Wildman–Crippen LogP) is 5.87. The Morgan fingerprint density at radius 3 is 2.20 bits per heavy atom. The van der Waals surface area contributed by atoms with E-state index in [1.54, 1.807) is 11.1 Å². The highest BCUT2D eigenvalue weighted by molar-refractivity contribution is 5.39. The van der Waals surface area contributed by atoms with Crippen molar-refractivity contribution in [1.82, 2.24) is 0 Å². The lowest BCUT2D eigenvalue weighted by atomic mass is 9.56. The zero-order valence-electron chi connectivity index (χ0n) is 22.8. The lowest BCUT2D eigenvalue weighted by Gasteiger charge is -2.51. The number of allylic oxidation sites excluding steroid dienone is 2. The number of hydrogen-bond donors (Lipinski definition) is 0. The molecule has 0 aromatic rings. The molecule has 0 aromatic heterocycles. The van der Waals surface area contributed by atoms with Crippen LogP contribution in [0, 0.1) is 40.4 Å². The van der Waals surface area contributed by atoms with Crippen molar-refractivity contribution in [2.24, 2.45) is 40.4 Å². The van der Waals surface area contributed by atoms with Gasteiger partial charge in [-0.2, -0.15) is 0 Å². The maximum absolute atomic E-state index is 6.81. The second kappa shape index (κ2) is 7.34. The van der Waals surface area contributed by atoms with Gasteiger partial charge in [-0.15, -0.1) is 0 Å². The Labute approximate surface area is 211 Å². The van der Waals surface area contributed by atoms with E-state index in [4.69, 9.17) is 23.7 Å². The van der Waals surface area contributed by atoms with Gasteiger partial charge in [0.2, 0.25) is 0 Å². The fraction of sp³-hybridized carbons (Fsp3) is 0.933. The van der Waals surface area contributed by atoms with Crippen molar-refractivity contribution in [2.45, 2.75) is 110 Å². The quantitative estimate of drug-likeness (QED) is 0.434. The Bertz CT molecular complexity index is 914. The van der Waals surface area contributed by atoms with E-state index in [9.17, 15) is 0 Å². The van der Waals surface area contributed by atoms with Crippen LogP contribution in [-0.4, -0.2) is 49.7 Å². The van der Waals surface area contributed by atoms with Crippen LogP contribution in [0.2, 0.25) is 0 Å². The molecule has 35 heavy (non-hydrogen) atoms. The van der Waals surface area contributed by atoms with Crippen LogP contribution in [-0.2, 0) is 23.7 Å². The average Bonchev–Trinajstić information content (AvgIpc) is 3.01. The SMILES string of the molecule is CC1(C)COC2(OC1)C1C3CC4(CCC3=C3CC[C@]5(C)[C@@H](OC(C)(C)C)CC[C@H]5C3C12)OCCO4. The fourth-order valence-corrected chi connectivity index (χ4v) is 9.49. The molecule has 2 heterocycles. The summed E-state index contributed by atoms with van der Waals surface area (Å²) in [4.78, 5) is 0.